The second kappa shape index (κ2) is 7.97. The van der Waals surface area contributed by atoms with E-state index in [9.17, 15) is 0 Å². The van der Waals surface area contributed by atoms with Gasteiger partial charge in [-0.15, -0.1) is 0 Å². The molecular weight excluding hydrogens is 350 g/mol. The lowest BCUT2D eigenvalue weighted by atomic mass is 9.93. The Morgan fingerprint density at radius 3 is 1.97 bits per heavy atom. The van der Waals surface area contributed by atoms with Crippen LogP contribution in [0.25, 0.3) is 32.9 Å². The lowest BCUT2D eigenvalue weighted by Crippen LogP contribution is -1.89. The third-order valence-electron chi connectivity index (χ3n) is 5.48. The number of aryl methyl sites for hydroxylation is 4. The van der Waals surface area contributed by atoms with E-state index in [4.69, 9.17) is 0 Å². The van der Waals surface area contributed by atoms with Crippen molar-refractivity contribution in [3.8, 4) is 11.1 Å². The molecule has 0 unspecified atom stereocenters. The number of nitrogens with one attached hydrogen (secondary N) is 1. The van der Waals surface area contributed by atoms with Crippen molar-refractivity contribution in [2.24, 2.45) is 0 Å². The van der Waals surface area contributed by atoms with Crippen LogP contribution < -0.4 is 0 Å². The number of hydrogen-bond acceptors (Lipinski definition) is 0. The molecule has 0 aliphatic rings. The van der Waals surface area contributed by atoms with Gasteiger partial charge in [0.1, 0.15) is 0 Å². The Labute approximate surface area is 173 Å². The smallest absolute Gasteiger partial charge is 0.0547 e. The summed E-state index contributed by atoms with van der Waals surface area (Å²) in [7, 11) is 0. The standard InChI is InChI=1S/C21H19N.C7H8/c1-13-8-10-16(15(3)12-13)20-14(2)9-11-18-17-6-4-5-7-19(17)22-21(18)20;1-7-5-3-2-4-6-7/h4-12,22H,1-3H3;2-6H,1H3. The van der Waals surface area contributed by atoms with Crippen molar-refractivity contribution >= 4 is 21.8 Å². The average Bonchev–Trinajstić information content (AvgIpc) is 3.08. The minimum Gasteiger partial charge on any atom is -0.354 e. The fourth-order valence-electron chi connectivity index (χ4n) is 4.00. The van der Waals surface area contributed by atoms with Crippen LogP contribution in [0.1, 0.15) is 22.3 Å². The highest BCUT2D eigenvalue weighted by atomic mass is 14.7. The number of para-hydroxylation sites is 1. The molecule has 29 heavy (non-hydrogen) atoms. The molecule has 0 saturated carbocycles. The van der Waals surface area contributed by atoms with Gasteiger partial charge in [-0.25, -0.2) is 0 Å². The lowest BCUT2D eigenvalue weighted by molar-refractivity contribution is 1.36. The van der Waals surface area contributed by atoms with Crippen LogP contribution in [0, 0.1) is 27.7 Å². The fourth-order valence-corrected chi connectivity index (χ4v) is 4.00. The summed E-state index contributed by atoms with van der Waals surface area (Å²) >= 11 is 0. The number of fused-ring (bicyclic) bond motifs is 3. The van der Waals surface area contributed by atoms with Crippen LogP contribution in [0.5, 0.6) is 0 Å². The van der Waals surface area contributed by atoms with Crippen molar-refractivity contribution in [2.45, 2.75) is 27.7 Å². The highest BCUT2D eigenvalue weighted by Crippen LogP contribution is 2.36. The molecule has 0 fully saturated rings. The second-order valence-corrected chi connectivity index (χ2v) is 7.82. The molecule has 4 aromatic carbocycles. The van der Waals surface area contributed by atoms with Gasteiger partial charge in [-0.05, 0) is 50.5 Å². The monoisotopic (exact) mass is 377 g/mol. The molecule has 1 N–H and O–H groups in total. The van der Waals surface area contributed by atoms with Gasteiger partial charge >= 0.3 is 0 Å². The third-order valence-corrected chi connectivity index (χ3v) is 5.48. The summed E-state index contributed by atoms with van der Waals surface area (Å²) in [5, 5.41) is 2.60. The normalized spacial score (nSPS) is 10.8. The molecule has 0 bridgehead atoms. The SMILES string of the molecule is Cc1ccc(-c2c(C)ccc3c2[nH]c2ccccc23)c(C)c1.Cc1ccccc1. The summed E-state index contributed by atoms with van der Waals surface area (Å²) < 4.78 is 0. The number of rotatable bonds is 1. The van der Waals surface area contributed by atoms with E-state index in [1.165, 1.54) is 55.2 Å². The molecular formula is C28H27N. The second-order valence-electron chi connectivity index (χ2n) is 7.82. The van der Waals surface area contributed by atoms with E-state index < -0.39 is 0 Å². The first-order valence-corrected chi connectivity index (χ1v) is 10.1. The molecule has 0 amide bonds. The molecule has 1 nitrogen and oxygen atoms in total. The molecule has 0 aliphatic carbocycles. The molecule has 0 aliphatic heterocycles. The molecule has 5 aromatic rings. The van der Waals surface area contributed by atoms with Crippen LogP contribution in [-0.4, -0.2) is 4.98 Å². The zero-order valence-corrected chi connectivity index (χ0v) is 17.6. The number of aromatic amines is 1. The molecule has 0 spiro atoms. The number of benzene rings is 4. The number of hydrogen-bond donors (Lipinski definition) is 1. The van der Waals surface area contributed by atoms with Gasteiger partial charge in [-0.2, -0.15) is 0 Å². The Balaban J connectivity index is 0.000000249. The van der Waals surface area contributed by atoms with Crippen molar-refractivity contribution in [3.63, 3.8) is 0 Å². The molecule has 1 aromatic heterocycles. The van der Waals surface area contributed by atoms with Gasteiger partial charge in [0, 0.05) is 21.9 Å². The zero-order valence-electron chi connectivity index (χ0n) is 17.6. The summed E-state index contributed by atoms with van der Waals surface area (Å²) in [6.07, 6.45) is 0. The van der Waals surface area contributed by atoms with Gasteiger partial charge in [0.25, 0.3) is 0 Å². The van der Waals surface area contributed by atoms with Crippen molar-refractivity contribution < 1.29 is 0 Å². The van der Waals surface area contributed by atoms with E-state index in [1.54, 1.807) is 0 Å². The van der Waals surface area contributed by atoms with Crippen molar-refractivity contribution in [1.82, 2.24) is 4.98 Å². The van der Waals surface area contributed by atoms with E-state index >= 15 is 0 Å². The van der Waals surface area contributed by atoms with Gasteiger partial charge in [0.15, 0.2) is 0 Å². The summed E-state index contributed by atoms with van der Waals surface area (Å²) in [6.45, 7) is 8.62. The van der Waals surface area contributed by atoms with Gasteiger partial charge < -0.3 is 4.98 Å². The maximum Gasteiger partial charge on any atom is 0.0547 e. The van der Waals surface area contributed by atoms with Crippen LogP contribution in [0.15, 0.2) is 84.9 Å². The van der Waals surface area contributed by atoms with Crippen LogP contribution in [0.3, 0.4) is 0 Å². The van der Waals surface area contributed by atoms with E-state index in [0.717, 1.165) is 0 Å². The first kappa shape index (κ1) is 19.0. The van der Waals surface area contributed by atoms with E-state index in [1.807, 2.05) is 18.2 Å². The first-order chi connectivity index (χ1) is 14.0. The minimum atomic E-state index is 1.20. The molecule has 0 atom stereocenters. The molecule has 0 saturated heterocycles. The van der Waals surface area contributed by atoms with Gasteiger partial charge in [-0.1, -0.05) is 90.0 Å². The minimum absolute atomic E-state index is 1.20. The topological polar surface area (TPSA) is 15.8 Å². The van der Waals surface area contributed by atoms with Crippen molar-refractivity contribution in [3.05, 3.63) is 107 Å². The molecule has 5 rings (SSSR count). The Hall–Kier alpha value is -3.32. The highest BCUT2D eigenvalue weighted by Gasteiger charge is 2.13. The predicted octanol–water partition coefficient (Wildman–Crippen LogP) is 7.91. The van der Waals surface area contributed by atoms with Gasteiger partial charge in [0.2, 0.25) is 0 Å². The Bertz CT molecular complexity index is 1280. The van der Waals surface area contributed by atoms with E-state index in [0.29, 0.717) is 0 Å². The lowest BCUT2D eigenvalue weighted by Gasteiger charge is -2.12. The van der Waals surface area contributed by atoms with Crippen molar-refractivity contribution in [1.29, 1.82) is 0 Å². The molecule has 0 radical (unpaired) electrons. The molecule has 1 heteroatoms. The largest absolute Gasteiger partial charge is 0.354 e. The third kappa shape index (κ3) is 3.82. The fraction of sp³-hybridized carbons (Fsp3) is 0.143. The van der Waals surface area contributed by atoms with Crippen LogP contribution >= 0.6 is 0 Å². The van der Waals surface area contributed by atoms with Crippen molar-refractivity contribution in [2.75, 3.05) is 0 Å². The number of H-pyrrole nitrogens is 1. The zero-order chi connectivity index (χ0) is 20.4. The maximum atomic E-state index is 3.63. The van der Waals surface area contributed by atoms with Crippen LogP contribution in [0.4, 0.5) is 0 Å². The summed E-state index contributed by atoms with van der Waals surface area (Å²) in [5.41, 5.74) is 10.4. The van der Waals surface area contributed by atoms with Crippen LogP contribution in [0.2, 0.25) is 0 Å². The summed E-state index contributed by atoms with van der Waals surface area (Å²) in [4.78, 5) is 3.63. The van der Waals surface area contributed by atoms with Crippen LogP contribution in [-0.2, 0) is 0 Å². The highest BCUT2D eigenvalue weighted by molar-refractivity contribution is 6.12. The van der Waals surface area contributed by atoms with E-state index in [-0.39, 0.29) is 0 Å². The molecule has 144 valence electrons. The predicted molar refractivity (Wildman–Crippen MR) is 127 cm³/mol. The average molecular weight is 378 g/mol. The Morgan fingerprint density at radius 1 is 0.552 bits per heavy atom. The summed E-state index contributed by atoms with van der Waals surface area (Å²) in [5.74, 6) is 0. The number of aromatic nitrogens is 1. The molecule has 1 heterocycles. The van der Waals surface area contributed by atoms with Gasteiger partial charge in [0.05, 0.1) is 5.52 Å². The van der Waals surface area contributed by atoms with E-state index in [2.05, 4.69) is 99.4 Å². The quantitative estimate of drug-likeness (QED) is 0.305. The first-order valence-electron chi connectivity index (χ1n) is 10.1. The van der Waals surface area contributed by atoms with Gasteiger partial charge in [-0.3, -0.25) is 0 Å². The Morgan fingerprint density at radius 2 is 1.28 bits per heavy atom. The maximum absolute atomic E-state index is 3.63. The summed E-state index contributed by atoms with van der Waals surface area (Å²) in [6, 6.07) is 30.0. The Kier molecular flexibility index (Phi) is 5.22.